The van der Waals surface area contributed by atoms with Gasteiger partial charge >= 0.3 is 0 Å². The van der Waals surface area contributed by atoms with Gasteiger partial charge in [-0.15, -0.1) is 0 Å². The summed E-state index contributed by atoms with van der Waals surface area (Å²) in [7, 11) is 0. The molecule has 1 nitrogen and oxygen atoms in total. The van der Waals surface area contributed by atoms with Crippen molar-refractivity contribution in [3.05, 3.63) is 34.9 Å². The third-order valence-electron chi connectivity index (χ3n) is 3.98. The van der Waals surface area contributed by atoms with Gasteiger partial charge in [0.15, 0.2) is 0 Å². The lowest BCUT2D eigenvalue weighted by Crippen LogP contribution is -2.36. The van der Waals surface area contributed by atoms with E-state index < -0.39 is 0 Å². The van der Waals surface area contributed by atoms with Crippen LogP contribution >= 0.6 is 0 Å². The van der Waals surface area contributed by atoms with Crippen LogP contribution in [0.1, 0.15) is 42.9 Å². The second-order valence-corrected chi connectivity index (χ2v) is 5.29. The van der Waals surface area contributed by atoms with Gasteiger partial charge in [-0.05, 0) is 50.7 Å². The van der Waals surface area contributed by atoms with Gasteiger partial charge in [0.2, 0.25) is 0 Å². The fourth-order valence-electron chi connectivity index (χ4n) is 2.37. The molecule has 0 aromatic heterocycles. The monoisotopic (exact) mass is 217 g/mol. The van der Waals surface area contributed by atoms with E-state index in [9.17, 15) is 0 Å². The third-order valence-corrected chi connectivity index (χ3v) is 3.98. The predicted molar refractivity (Wildman–Crippen MR) is 69.6 cm³/mol. The second-order valence-electron chi connectivity index (χ2n) is 5.29. The summed E-state index contributed by atoms with van der Waals surface area (Å²) in [6.45, 7) is 7.71. The highest BCUT2D eigenvalue weighted by Crippen LogP contribution is 2.29. The fourth-order valence-corrected chi connectivity index (χ4v) is 2.37. The van der Waals surface area contributed by atoms with Gasteiger partial charge in [0.25, 0.3) is 0 Å². The zero-order valence-corrected chi connectivity index (χ0v) is 10.7. The van der Waals surface area contributed by atoms with Crippen molar-refractivity contribution in [3.8, 4) is 0 Å². The summed E-state index contributed by atoms with van der Waals surface area (Å²) < 4.78 is 0. The predicted octanol–water partition coefficient (Wildman–Crippen LogP) is 3.58. The lowest BCUT2D eigenvalue weighted by atomic mass is 9.80. The Morgan fingerprint density at radius 3 is 2.69 bits per heavy atom. The number of nitrogens with one attached hydrogen (secondary N) is 1. The number of hydrogen-bond donors (Lipinski definition) is 1. The van der Waals surface area contributed by atoms with Gasteiger partial charge in [-0.3, -0.25) is 0 Å². The molecule has 1 heteroatoms. The lowest BCUT2D eigenvalue weighted by Gasteiger charge is -2.32. The summed E-state index contributed by atoms with van der Waals surface area (Å²) in [6.07, 6.45) is 4.27. The van der Waals surface area contributed by atoms with E-state index in [2.05, 4.69) is 44.3 Å². The Kier molecular flexibility index (Phi) is 3.65. The quantitative estimate of drug-likeness (QED) is 0.813. The maximum absolute atomic E-state index is 3.67. The summed E-state index contributed by atoms with van der Waals surface area (Å²) in [5.41, 5.74) is 4.21. The molecule has 1 aliphatic carbocycles. The van der Waals surface area contributed by atoms with Crippen molar-refractivity contribution in [2.75, 3.05) is 0 Å². The van der Waals surface area contributed by atoms with Crippen LogP contribution in [0.2, 0.25) is 0 Å². The van der Waals surface area contributed by atoms with Gasteiger partial charge in [-0.25, -0.2) is 0 Å². The van der Waals surface area contributed by atoms with Crippen LogP contribution in [-0.2, 0) is 6.54 Å². The Hall–Kier alpha value is -0.820. The van der Waals surface area contributed by atoms with E-state index in [-0.39, 0.29) is 0 Å². The van der Waals surface area contributed by atoms with Crippen molar-refractivity contribution in [2.24, 2.45) is 5.92 Å². The van der Waals surface area contributed by atoms with Crippen LogP contribution in [0.5, 0.6) is 0 Å². The minimum atomic E-state index is 0.675. The van der Waals surface area contributed by atoms with E-state index in [1.54, 1.807) is 0 Å². The zero-order chi connectivity index (χ0) is 11.5. The van der Waals surface area contributed by atoms with Crippen molar-refractivity contribution in [1.82, 2.24) is 5.32 Å². The molecule has 1 unspecified atom stereocenters. The molecule has 0 heterocycles. The molecule has 0 saturated heterocycles. The van der Waals surface area contributed by atoms with Crippen LogP contribution in [0.25, 0.3) is 0 Å². The molecule has 1 aliphatic rings. The van der Waals surface area contributed by atoms with Crippen LogP contribution in [0.15, 0.2) is 18.2 Å². The standard InChI is InChI=1S/C15H23N/c1-11-7-8-12(2)15(9-11)10-16-13(3)14-5-4-6-14/h7-9,13-14,16H,4-6,10H2,1-3H3. The third kappa shape index (κ3) is 2.65. The van der Waals surface area contributed by atoms with E-state index in [0.29, 0.717) is 6.04 Å². The van der Waals surface area contributed by atoms with Crippen LogP contribution < -0.4 is 5.32 Å². The van der Waals surface area contributed by atoms with Crippen molar-refractivity contribution in [2.45, 2.75) is 52.6 Å². The summed E-state index contributed by atoms with van der Waals surface area (Å²) in [4.78, 5) is 0. The number of rotatable bonds is 4. The van der Waals surface area contributed by atoms with E-state index in [1.807, 2.05) is 0 Å². The first-order valence-corrected chi connectivity index (χ1v) is 6.46. The van der Waals surface area contributed by atoms with Gasteiger partial charge in [-0.1, -0.05) is 30.2 Å². The molecule has 0 amide bonds. The smallest absolute Gasteiger partial charge is 0.0210 e. The Bertz CT molecular complexity index is 352. The molecular formula is C15H23N. The first kappa shape index (κ1) is 11.7. The van der Waals surface area contributed by atoms with Crippen molar-refractivity contribution in [1.29, 1.82) is 0 Å². The molecule has 16 heavy (non-hydrogen) atoms. The van der Waals surface area contributed by atoms with E-state index in [4.69, 9.17) is 0 Å². The normalized spacial score (nSPS) is 18.2. The van der Waals surface area contributed by atoms with Crippen molar-refractivity contribution in [3.63, 3.8) is 0 Å². The number of hydrogen-bond acceptors (Lipinski definition) is 1. The molecule has 1 saturated carbocycles. The van der Waals surface area contributed by atoms with E-state index >= 15 is 0 Å². The Morgan fingerprint density at radius 2 is 2.06 bits per heavy atom. The molecule has 0 radical (unpaired) electrons. The number of aryl methyl sites for hydroxylation is 2. The molecule has 0 spiro atoms. The van der Waals surface area contributed by atoms with Crippen LogP contribution in [-0.4, -0.2) is 6.04 Å². The minimum absolute atomic E-state index is 0.675. The summed E-state index contributed by atoms with van der Waals surface area (Å²) >= 11 is 0. The van der Waals surface area contributed by atoms with Crippen LogP contribution in [0.4, 0.5) is 0 Å². The largest absolute Gasteiger partial charge is 0.310 e. The van der Waals surface area contributed by atoms with Gasteiger partial charge in [0, 0.05) is 12.6 Å². The van der Waals surface area contributed by atoms with Crippen molar-refractivity contribution < 1.29 is 0 Å². The molecule has 88 valence electrons. The molecule has 1 aromatic carbocycles. The zero-order valence-electron chi connectivity index (χ0n) is 10.7. The topological polar surface area (TPSA) is 12.0 Å². The van der Waals surface area contributed by atoms with E-state index in [1.165, 1.54) is 36.0 Å². The second kappa shape index (κ2) is 5.01. The molecular weight excluding hydrogens is 194 g/mol. The molecule has 1 atom stereocenters. The van der Waals surface area contributed by atoms with Gasteiger partial charge in [0.1, 0.15) is 0 Å². The van der Waals surface area contributed by atoms with Crippen LogP contribution in [0, 0.1) is 19.8 Å². The molecule has 0 aliphatic heterocycles. The first-order chi connectivity index (χ1) is 7.66. The molecule has 1 aromatic rings. The van der Waals surface area contributed by atoms with Crippen molar-refractivity contribution >= 4 is 0 Å². The summed E-state index contributed by atoms with van der Waals surface area (Å²) in [5.74, 6) is 0.921. The molecule has 0 bridgehead atoms. The van der Waals surface area contributed by atoms with Gasteiger partial charge < -0.3 is 5.32 Å². The average molecular weight is 217 g/mol. The Balaban J connectivity index is 1.90. The number of benzene rings is 1. The maximum atomic E-state index is 3.67. The Morgan fingerprint density at radius 1 is 1.31 bits per heavy atom. The Labute approximate surface area is 99.3 Å². The molecule has 1 N–H and O–H groups in total. The first-order valence-electron chi connectivity index (χ1n) is 6.46. The SMILES string of the molecule is Cc1ccc(C)c(CNC(C)C2CCC2)c1. The minimum Gasteiger partial charge on any atom is -0.310 e. The molecule has 1 fully saturated rings. The summed E-state index contributed by atoms with van der Waals surface area (Å²) in [6, 6.07) is 7.39. The highest BCUT2D eigenvalue weighted by atomic mass is 14.9. The highest BCUT2D eigenvalue weighted by molar-refractivity contribution is 5.30. The average Bonchev–Trinajstić information content (AvgIpc) is 2.17. The maximum Gasteiger partial charge on any atom is 0.0210 e. The summed E-state index contributed by atoms with van der Waals surface area (Å²) in [5, 5.41) is 3.67. The van der Waals surface area contributed by atoms with Gasteiger partial charge in [0.05, 0.1) is 0 Å². The van der Waals surface area contributed by atoms with Gasteiger partial charge in [-0.2, -0.15) is 0 Å². The highest BCUT2D eigenvalue weighted by Gasteiger charge is 2.23. The van der Waals surface area contributed by atoms with E-state index in [0.717, 1.165) is 12.5 Å². The fraction of sp³-hybridized carbons (Fsp3) is 0.600. The molecule has 2 rings (SSSR count). The van der Waals surface area contributed by atoms with Crippen LogP contribution in [0.3, 0.4) is 0 Å². The lowest BCUT2D eigenvalue weighted by molar-refractivity contribution is 0.240.